The number of anilines is 1. The van der Waals surface area contributed by atoms with Crippen molar-refractivity contribution in [2.24, 2.45) is 0 Å². The number of carbonyl (C=O) groups is 1. The van der Waals surface area contributed by atoms with Crippen LogP contribution in [0.3, 0.4) is 0 Å². The smallest absolute Gasteiger partial charge is 0.389 e. The molecular formula is C17H17N4O2+. The number of nitrogens with zero attached hydrogens (tertiary/aromatic N) is 2. The third-order valence-electron chi connectivity index (χ3n) is 3.17. The van der Waals surface area contributed by atoms with E-state index >= 15 is 0 Å². The van der Waals surface area contributed by atoms with Crippen molar-refractivity contribution in [3.8, 4) is 0 Å². The van der Waals surface area contributed by atoms with Crippen molar-refractivity contribution in [2.45, 2.75) is 12.5 Å². The molecule has 2 aromatic rings. The van der Waals surface area contributed by atoms with Gasteiger partial charge in [0.25, 0.3) is 0 Å². The van der Waals surface area contributed by atoms with Crippen LogP contribution < -0.4 is 10.6 Å². The van der Waals surface area contributed by atoms with Gasteiger partial charge in [0.2, 0.25) is 11.2 Å². The van der Waals surface area contributed by atoms with Crippen molar-refractivity contribution in [2.75, 3.05) is 5.32 Å². The van der Waals surface area contributed by atoms with Crippen LogP contribution in [0, 0.1) is 5.39 Å². The standard InChI is InChI=1S/C17H16N4O2/c18-19-12-16(22)15(11-13-7-3-1-4-8-13)21-17(23)20-14-9-5-2-6-10-14/h1-10,12,15H,11H2,(H2-,20,21,22,23)/p+1/t15-/m1/s1. The number of para-hydroxylation sites is 1. The number of urea groups is 1. The molecule has 0 radical (unpaired) electrons. The first-order chi connectivity index (χ1) is 11.2. The molecule has 23 heavy (non-hydrogen) atoms. The lowest BCUT2D eigenvalue weighted by atomic mass is 10.0. The van der Waals surface area contributed by atoms with E-state index < -0.39 is 12.1 Å². The van der Waals surface area contributed by atoms with Crippen LogP contribution in [0.1, 0.15) is 5.56 Å². The Morgan fingerprint density at radius 1 is 1.13 bits per heavy atom. The number of carbonyl (C=O) groups excluding carboxylic acids is 1. The van der Waals surface area contributed by atoms with Crippen LogP contribution in [-0.4, -0.2) is 17.2 Å². The summed E-state index contributed by atoms with van der Waals surface area (Å²) in [6.07, 6.45) is 1.26. The molecule has 0 fully saturated rings. The Hall–Kier alpha value is -3.33. The number of amides is 2. The first-order valence-electron chi connectivity index (χ1n) is 7.09. The molecule has 0 heterocycles. The van der Waals surface area contributed by atoms with Crippen LogP contribution in [0.25, 0.3) is 4.98 Å². The van der Waals surface area contributed by atoms with E-state index in [4.69, 9.17) is 5.39 Å². The Labute approximate surface area is 134 Å². The van der Waals surface area contributed by atoms with E-state index in [1.807, 2.05) is 36.4 Å². The Bertz CT molecular complexity index is 708. The summed E-state index contributed by atoms with van der Waals surface area (Å²) < 4.78 is 0. The lowest BCUT2D eigenvalue weighted by Gasteiger charge is -2.17. The molecule has 0 bridgehead atoms. The first kappa shape index (κ1) is 16.0. The average molecular weight is 309 g/mol. The Morgan fingerprint density at radius 3 is 2.35 bits per heavy atom. The number of aliphatic hydroxyl groups is 1. The minimum atomic E-state index is -0.711. The van der Waals surface area contributed by atoms with Gasteiger partial charge in [-0.15, -0.1) is 0 Å². The summed E-state index contributed by atoms with van der Waals surface area (Å²) in [5.41, 5.74) is 1.56. The molecule has 2 rings (SSSR count). The summed E-state index contributed by atoms with van der Waals surface area (Å²) in [5, 5.41) is 23.9. The van der Waals surface area contributed by atoms with Gasteiger partial charge in [-0.1, -0.05) is 48.5 Å². The Kier molecular flexibility index (Phi) is 5.72. The molecule has 0 saturated carbocycles. The van der Waals surface area contributed by atoms with Crippen molar-refractivity contribution in [1.82, 2.24) is 5.32 Å². The zero-order valence-electron chi connectivity index (χ0n) is 12.4. The maximum Gasteiger partial charge on any atom is 0.389 e. The number of hydrogen-bond donors (Lipinski definition) is 3. The minimum Gasteiger partial charge on any atom is -0.504 e. The van der Waals surface area contributed by atoms with E-state index in [1.54, 1.807) is 24.3 Å². The summed E-state index contributed by atoms with van der Waals surface area (Å²) in [7, 11) is 0. The zero-order valence-corrected chi connectivity index (χ0v) is 12.4. The molecule has 0 aliphatic heterocycles. The van der Waals surface area contributed by atoms with E-state index in [0.717, 1.165) is 11.8 Å². The van der Waals surface area contributed by atoms with Gasteiger partial charge >= 0.3 is 12.2 Å². The monoisotopic (exact) mass is 309 g/mol. The molecule has 0 aliphatic carbocycles. The molecule has 0 aliphatic rings. The molecule has 6 heteroatoms. The SMILES string of the molecule is N#[N+]C=C(O)[C@@H](Cc1ccccc1)NC(=O)Nc1ccccc1. The molecule has 3 N–H and O–H groups in total. The highest BCUT2D eigenvalue weighted by molar-refractivity contribution is 5.89. The Morgan fingerprint density at radius 2 is 1.74 bits per heavy atom. The van der Waals surface area contributed by atoms with E-state index in [1.165, 1.54) is 0 Å². The molecular weight excluding hydrogens is 292 g/mol. The largest absolute Gasteiger partial charge is 0.504 e. The number of benzene rings is 2. The van der Waals surface area contributed by atoms with Gasteiger partial charge in [0.15, 0.2) is 4.98 Å². The van der Waals surface area contributed by atoms with Crippen molar-refractivity contribution >= 4 is 11.7 Å². The van der Waals surface area contributed by atoms with Gasteiger partial charge in [-0.05, 0) is 17.7 Å². The molecule has 0 aromatic heterocycles. The molecule has 0 spiro atoms. The van der Waals surface area contributed by atoms with Crippen molar-refractivity contribution in [1.29, 1.82) is 5.39 Å². The fourth-order valence-electron chi connectivity index (χ4n) is 2.08. The van der Waals surface area contributed by atoms with Crippen LogP contribution >= 0.6 is 0 Å². The zero-order chi connectivity index (χ0) is 16.5. The van der Waals surface area contributed by atoms with E-state index in [0.29, 0.717) is 12.1 Å². The molecule has 2 amide bonds. The molecule has 116 valence electrons. The summed E-state index contributed by atoms with van der Waals surface area (Å²) in [6.45, 7) is 0. The normalized spacial score (nSPS) is 12.0. The topological polar surface area (TPSA) is 89.5 Å². The second kappa shape index (κ2) is 8.20. The quantitative estimate of drug-likeness (QED) is 0.581. The highest BCUT2D eigenvalue weighted by atomic mass is 16.3. The van der Waals surface area contributed by atoms with Crippen LogP contribution in [0.2, 0.25) is 0 Å². The lowest BCUT2D eigenvalue weighted by Crippen LogP contribution is -2.40. The number of hydrogen-bond acceptors (Lipinski definition) is 3. The fraction of sp³-hybridized carbons (Fsp3) is 0.118. The van der Waals surface area contributed by atoms with Gasteiger partial charge < -0.3 is 15.7 Å². The van der Waals surface area contributed by atoms with Gasteiger partial charge in [0.1, 0.15) is 0 Å². The highest BCUT2D eigenvalue weighted by Gasteiger charge is 2.20. The maximum atomic E-state index is 12.1. The number of rotatable bonds is 5. The van der Waals surface area contributed by atoms with E-state index in [-0.39, 0.29) is 5.76 Å². The van der Waals surface area contributed by atoms with Gasteiger partial charge in [0.05, 0.1) is 6.04 Å². The van der Waals surface area contributed by atoms with Crippen LogP contribution in [0.5, 0.6) is 0 Å². The molecule has 2 aromatic carbocycles. The van der Waals surface area contributed by atoms with Crippen molar-refractivity contribution < 1.29 is 9.90 Å². The third kappa shape index (κ3) is 5.17. The van der Waals surface area contributed by atoms with Crippen LogP contribution in [0.4, 0.5) is 10.5 Å². The van der Waals surface area contributed by atoms with E-state index in [9.17, 15) is 9.90 Å². The molecule has 0 saturated heterocycles. The second-order valence-electron chi connectivity index (χ2n) is 4.88. The number of aliphatic hydroxyl groups excluding tert-OH is 1. The summed E-state index contributed by atoms with van der Waals surface area (Å²) in [4.78, 5) is 14.9. The third-order valence-corrected chi connectivity index (χ3v) is 3.17. The van der Waals surface area contributed by atoms with Crippen molar-refractivity contribution in [3.63, 3.8) is 0 Å². The lowest BCUT2D eigenvalue weighted by molar-refractivity contribution is 0.245. The van der Waals surface area contributed by atoms with Gasteiger partial charge in [0, 0.05) is 12.1 Å². The van der Waals surface area contributed by atoms with Gasteiger partial charge in [-0.25, -0.2) is 4.79 Å². The minimum absolute atomic E-state index is 0.237. The Balaban J connectivity index is 2.07. The predicted octanol–water partition coefficient (Wildman–Crippen LogP) is 3.67. The summed E-state index contributed by atoms with van der Waals surface area (Å²) in [5.74, 6) is -0.237. The summed E-state index contributed by atoms with van der Waals surface area (Å²) in [6, 6.07) is 17.2. The molecule has 6 nitrogen and oxygen atoms in total. The van der Waals surface area contributed by atoms with Crippen LogP contribution in [-0.2, 0) is 6.42 Å². The number of nitrogens with one attached hydrogen (secondary N) is 2. The first-order valence-corrected chi connectivity index (χ1v) is 7.09. The van der Waals surface area contributed by atoms with Crippen LogP contribution in [0.15, 0.2) is 72.6 Å². The predicted molar refractivity (Wildman–Crippen MR) is 88.3 cm³/mol. The summed E-state index contributed by atoms with van der Waals surface area (Å²) >= 11 is 0. The molecule has 0 unspecified atom stereocenters. The highest BCUT2D eigenvalue weighted by Crippen LogP contribution is 2.10. The fourth-order valence-corrected chi connectivity index (χ4v) is 2.08. The average Bonchev–Trinajstić information content (AvgIpc) is 2.56. The number of diazo groups is 1. The maximum absolute atomic E-state index is 12.1. The van der Waals surface area contributed by atoms with Gasteiger partial charge in [-0.3, -0.25) is 0 Å². The second-order valence-corrected chi connectivity index (χ2v) is 4.88. The van der Waals surface area contributed by atoms with Gasteiger partial charge in [-0.2, -0.15) is 0 Å². The van der Waals surface area contributed by atoms with E-state index in [2.05, 4.69) is 15.6 Å². The van der Waals surface area contributed by atoms with Crippen molar-refractivity contribution in [3.05, 3.63) is 83.2 Å². The molecule has 1 atom stereocenters.